The molecule has 0 spiro atoms. The number of benzene rings is 2. The molecule has 3 aromatic rings. The first-order valence-electron chi connectivity index (χ1n) is 7.87. The van der Waals surface area contributed by atoms with Crippen molar-refractivity contribution in [2.45, 2.75) is 12.8 Å². The largest absolute Gasteiger partial charge is 0.321 e. The molecular weight excluding hydrogens is 304 g/mol. The summed E-state index contributed by atoms with van der Waals surface area (Å²) < 4.78 is 0. The van der Waals surface area contributed by atoms with Gasteiger partial charge in [0.15, 0.2) is 5.69 Å². The van der Waals surface area contributed by atoms with Crippen molar-refractivity contribution in [3.63, 3.8) is 0 Å². The molecule has 24 heavy (non-hydrogen) atoms. The quantitative estimate of drug-likeness (QED) is 0.779. The number of para-hydroxylation sites is 1. The van der Waals surface area contributed by atoms with Crippen molar-refractivity contribution < 1.29 is 9.59 Å². The molecule has 0 saturated carbocycles. The first kappa shape index (κ1) is 14.4. The summed E-state index contributed by atoms with van der Waals surface area (Å²) in [5.41, 5.74) is 2.62. The number of carbonyl (C=O) groups excluding carboxylic acids is 2. The molecule has 2 heterocycles. The van der Waals surface area contributed by atoms with E-state index < -0.39 is 0 Å². The summed E-state index contributed by atoms with van der Waals surface area (Å²) in [7, 11) is 0. The predicted octanol–water partition coefficient (Wildman–Crippen LogP) is 2.94. The highest BCUT2D eigenvalue weighted by Crippen LogP contribution is 2.25. The molecule has 0 unspecified atom stereocenters. The van der Waals surface area contributed by atoms with Gasteiger partial charge in [-0.05, 0) is 30.7 Å². The molecule has 0 atom stereocenters. The zero-order chi connectivity index (χ0) is 16.5. The Kier molecular flexibility index (Phi) is 3.49. The van der Waals surface area contributed by atoms with Gasteiger partial charge in [-0.15, -0.1) is 0 Å². The second kappa shape index (κ2) is 5.81. The molecule has 2 N–H and O–H groups in total. The van der Waals surface area contributed by atoms with Gasteiger partial charge in [0.1, 0.15) is 0 Å². The third kappa shape index (κ3) is 2.52. The second-order valence-corrected chi connectivity index (χ2v) is 5.77. The molecule has 1 fully saturated rings. The summed E-state index contributed by atoms with van der Waals surface area (Å²) in [5, 5.41) is 10.6. The van der Waals surface area contributed by atoms with E-state index >= 15 is 0 Å². The Morgan fingerprint density at radius 3 is 2.88 bits per heavy atom. The summed E-state index contributed by atoms with van der Waals surface area (Å²) in [6.07, 6.45) is 1.45. The van der Waals surface area contributed by atoms with Crippen LogP contribution in [0.5, 0.6) is 0 Å². The van der Waals surface area contributed by atoms with Gasteiger partial charge in [-0.25, -0.2) is 0 Å². The van der Waals surface area contributed by atoms with Crippen molar-refractivity contribution in [1.29, 1.82) is 0 Å². The summed E-state index contributed by atoms with van der Waals surface area (Å²) in [4.78, 5) is 26.1. The number of rotatable bonds is 3. The van der Waals surface area contributed by atoms with Crippen molar-refractivity contribution >= 4 is 34.1 Å². The Balaban J connectivity index is 1.59. The number of aromatic amines is 1. The maximum atomic E-state index is 12.5. The third-order valence-corrected chi connectivity index (χ3v) is 4.17. The summed E-state index contributed by atoms with van der Waals surface area (Å²) in [6, 6.07) is 14.8. The Bertz CT molecular complexity index is 931. The molecule has 6 heteroatoms. The minimum absolute atomic E-state index is 0.122. The zero-order valence-corrected chi connectivity index (χ0v) is 13.0. The van der Waals surface area contributed by atoms with Crippen molar-refractivity contribution in [2.24, 2.45) is 0 Å². The molecule has 120 valence electrons. The standard InChI is InChI=1S/C18H16N4O2/c23-16-9-4-10-22(16)13-6-3-5-12(11-13)19-18(24)17-14-7-1-2-8-15(14)20-21-17/h1-3,5-8,11H,4,9-10H2,(H,19,24)(H,20,21). The number of nitrogens with zero attached hydrogens (tertiary/aromatic N) is 2. The highest BCUT2D eigenvalue weighted by atomic mass is 16.2. The van der Waals surface area contributed by atoms with E-state index in [1.165, 1.54) is 0 Å². The zero-order valence-electron chi connectivity index (χ0n) is 13.0. The first-order valence-corrected chi connectivity index (χ1v) is 7.87. The highest BCUT2D eigenvalue weighted by molar-refractivity contribution is 6.11. The number of anilines is 2. The van der Waals surface area contributed by atoms with Gasteiger partial charge < -0.3 is 10.2 Å². The molecule has 0 aliphatic carbocycles. The van der Waals surface area contributed by atoms with E-state index in [0.717, 1.165) is 29.6 Å². The smallest absolute Gasteiger partial charge is 0.276 e. The number of aromatic nitrogens is 2. The molecule has 2 aromatic carbocycles. The van der Waals surface area contributed by atoms with Crippen LogP contribution in [0.3, 0.4) is 0 Å². The van der Waals surface area contributed by atoms with Gasteiger partial charge in [0.25, 0.3) is 5.91 Å². The molecule has 2 amide bonds. The maximum absolute atomic E-state index is 12.5. The molecule has 1 aromatic heterocycles. The number of H-pyrrole nitrogens is 1. The van der Waals surface area contributed by atoms with Crippen molar-refractivity contribution in [1.82, 2.24) is 10.2 Å². The van der Waals surface area contributed by atoms with E-state index in [4.69, 9.17) is 0 Å². The van der Waals surface area contributed by atoms with Crippen LogP contribution in [0.25, 0.3) is 10.9 Å². The summed E-state index contributed by atoms with van der Waals surface area (Å²) in [6.45, 7) is 0.722. The van der Waals surface area contributed by atoms with Crippen LogP contribution in [-0.2, 0) is 4.79 Å². The van der Waals surface area contributed by atoms with Crippen LogP contribution in [0.15, 0.2) is 48.5 Å². The monoisotopic (exact) mass is 320 g/mol. The van der Waals surface area contributed by atoms with Crippen LogP contribution in [0, 0.1) is 0 Å². The number of amides is 2. The Morgan fingerprint density at radius 1 is 1.17 bits per heavy atom. The Morgan fingerprint density at radius 2 is 2.04 bits per heavy atom. The fourth-order valence-corrected chi connectivity index (χ4v) is 3.00. The second-order valence-electron chi connectivity index (χ2n) is 5.77. The molecule has 1 aliphatic heterocycles. The predicted molar refractivity (Wildman–Crippen MR) is 92.1 cm³/mol. The van der Waals surface area contributed by atoms with Gasteiger partial charge in [-0.1, -0.05) is 24.3 Å². The van der Waals surface area contributed by atoms with Gasteiger partial charge in [-0.2, -0.15) is 5.10 Å². The van der Waals surface area contributed by atoms with E-state index in [2.05, 4.69) is 15.5 Å². The lowest BCUT2D eigenvalue weighted by molar-refractivity contribution is -0.117. The van der Waals surface area contributed by atoms with Gasteiger partial charge in [0.05, 0.1) is 5.52 Å². The van der Waals surface area contributed by atoms with Crippen LogP contribution in [0.4, 0.5) is 11.4 Å². The number of fused-ring (bicyclic) bond motifs is 1. The van der Waals surface area contributed by atoms with Gasteiger partial charge in [-0.3, -0.25) is 14.7 Å². The van der Waals surface area contributed by atoms with E-state index in [1.807, 2.05) is 42.5 Å². The minimum Gasteiger partial charge on any atom is -0.321 e. The number of hydrogen-bond acceptors (Lipinski definition) is 3. The summed E-state index contributed by atoms with van der Waals surface area (Å²) in [5.74, 6) is -0.158. The van der Waals surface area contributed by atoms with Crippen LogP contribution in [0.1, 0.15) is 23.3 Å². The Labute approximate surface area is 138 Å². The lowest BCUT2D eigenvalue weighted by Gasteiger charge is -2.16. The third-order valence-electron chi connectivity index (χ3n) is 4.17. The van der Waals surface area contributed by atoms with Crippen molar-refractivity contribution in [3.8, 4) is 0 Å². The lowest BCUT2D eigenvalue weighted by atomic mass is 10.2. The van der Waals surface area contributed by atoms with Crippen LogP contribution < -0.4 is 10.2 Å². The lowest BCUT2D eigenvalue weighted by Crippen LogP contribution is -2.23. The van der Waals surface area contributed by atoms with E-state index in [-0.39, 0.29) is 11.8 Å². The topological polar surface area (TPSA) is 78.1 Å². The Hall–Kier alpha value is -3.15. The molecule has 0 bridgehead atoms. The van der Waals surface area contributed by atoms with E-state index in [0.29, 0.717) is 17.8 Å². The maximum Gasteiger partial charge on any atom is 0.276 e. The molecule has 6 nitrogen and oxygen atoms in total. The normalized spacial score (nSPS) is 14.3. The van der Waals surface area contributed by atoms with Crippen LogP contribution in [0.2, 0.25) is 0 Å². The number of carbonyl (C=O) groups is 2. The number of hydrogen-bond donors (Lipinski definition) is 2. The summed E-state index contributed by atoms with van der Waals surface area (Å²) >= 11 is 0. The van der Waals surface area contributed by atoms with Crippen LogP contribution >= 0.6 is 0 Å². The van der Waals surface area contributed by atoms with Crippen LogP contribution in [-0.4, -0.2) is 28.6 Å². The SMILES string of the molecule is O=C(Nc1cccc(N2CCCC2=O)c1)c1n[nH]c2ccccc12. The van der Waals surface area contributed by atoms with Crippen molar-refractivity contribution in [2.75, 3.05) is 16.8 Å². The van der Waals surface area contributed by atoms with Gasteiger partial charge in [0.2, 0.25) is 5.91 Å². The average molecular weight is 320 g/mol. The first-order chi connectivity index (χ1) is 11.7. The minimum atomic E-state index is -0.280. The molecule has 1 saturated heterocycles. The molecular formula is C18H16N4O2. The van der Waals surface area contributed by atoms with Gasteiger partial charge in [0, 0.05) is 29.7 Å². The van der Waals surface area contributed by atoms with E-state index in [1.54, 1.807) is 11.0 Å². The highest BCUT2D eigenvalue weighted by Gasteiger charge is 2.22. The molecule has 0 radical (unpaired) electrons. The fraction of sp³-hybridized carbons (Fsp3) is 0.167. The fourth-order valence-electron chi connectivity index (χ4n) is 3.00. The number of nitrogens with one attached hydrogen (secondary N) is 2. The average Bonchev–Trinajstić information content (AvgIpc) is 3.21. The van der Waals surface area contributed by atoms with E-state index in [9.17, 15) is 9.59 Å². The van der Waals surface area contributed by atoms with Gasteiger partial charge >= 0.3 is 0 Å². The molecule has 4 rings (SSSR count). The molecule has 1 aliphatic rings. The van der Waals surface area contributed by atoms with Crippen molar-refractivity contribution in [3.05, 3.63) is 54.2 Å².